The molecule has 0 atom stereocenters. The van der Waals surface area contributed by atoms with Gasteiger partial charge in [0.05, 0.1) is 0 Å². The Balaban J connectivity index is 2.17. The Labute approximate surface area is 97.8 Å². The van der Waals surface area contributed by atoms with Gasteiger partial charge in [-0.3, -0.25) is 9.59 Å². The van der Waals surface area contributed by atoms with Crippen LogP contribution in [-0.4, -0.2) is 12.1 Å². The molecule has 2 heteroatoms. The minimum atomic E-state index is -0.305. The standard InChI is InChI=1S/C14H21O2/c15-11-13(16)14(9-5-2-6-10-14)12-7-3-1-4-8-12/h12H,1-10H2. The number of carbonyl (C=O) groups is 1. The second-order valence-corrected chi connectivity index (χ2v) is 5.48. The predicted molar refractivity (Wildman–Crippen MR) is 62.8 cm³/mol. The van der Waals surface area contributed by atoms with Gasteiger partial charge in [0.2, 0.25) is 5.78 Å². The summed E-state index contributed by atoms with van der Waals surface area (Å²) in [7, 11) is 0. The van der Waals surface area contributed by atoms with E-state index in [-0.39, 0.29) is 11.2 Å². The number of hydrogen-bond acceptors (Lipinski definition) is 2. The first-order valence-corrected chi connectivity index (χ1v) is 6.72. The molecule has 0 amide bonds. The van der Waals surface area contributed by atoms with Gasteiger partial charge in [0.15, 0.2) is 0 Å². The van der Waals surface area contributed by atoms with Crippen molar-refractivity contribution in [1.82, 2.24) is 0 Å². The van der Waals surface area contributed by atoms with Crippen LogP contribution in [0.25, 0.3) is 0 Å². The van der Waals surface area contributed by atoms with Crippen LogP contribution in [0.3, 0.4) is 0 Å². The molecule has 2 nitrogen and oxygen atoms in total. The molecule has 0 unspecified atom stereocenters. The molecular weight excluding hydrogens is 200 g/mol. The van der Waals surface area contributed by atoms with Crippen molar-refractivity contribution in [2.24, 2.45) is 11.3 Å². The molecule has 2 aliphatic rings. The van der Waals surface area contributed by atoms with Gasteiger partial charge in [0.1, 0.15) is 0 Å². The molecule has 1 radical (unpaired) electrons. The summed E-state index contributed by atoms with van der Waals surface area (Å²) in [6, 6.07) is 0. The maximum absolute atomic E-state index is 12.0. The van der Waals surface area contributed by atoms with Gasteiger partial charge in [-0.15, -0.1) is 0 Å². The Kier molecular flexibility index (Phi) is 3.78. The van der Waals surface area contributed by atoms with Crippen LogP contribution in [0.4, 0.5) is 0 Å². The molecule has 0 heterocycles. The fourth-order valence-corrected chi connectivity index (χ4v) is 3.76. The van der Waals surface area contributed by atoms with Crippen LogP contribution in [0.2, 0.25) is 0 Å². The highest BCUT2D eigenvalue weighted by Crippen LogP contribution is 2.48. The number of rotatable bonds is 3. The van der Waals surface area contributed by atoms with Crippen molar-refractivity contribution < 1.29 is 9.59 Å². The zero-order valence-corrected chi connectivity index (χ0v) is 9.96. The Morgan fingerprint density at radius 2 is 1.50 bits per heavy atom. The van der Waals surface area contributed by atoms with E-state index in [0.717, 1.165) is 38.5 Å². The third-order valence-corrected chi connectivity index (χ3v) is 4.68. The van der Waals surface area contributed by atoms with Gasteiger partial charge in [-0.1, -0.05) is 38.5 Å². The summed E-state index contributed by atoms with van der Waals surface area (Å²) < 4.78 is 0. The lowest BCUT2D eigenvalue weighted by Crippen LogP contribution is -2.42. The van der Waals surface area contributed by atoms with Crippen LogP contribution in [-0.2, 0) is 9.59 Å². The number of Topliss-reactive ketones (excluding diaryl/α,β-unsaturated/α-hetero) is 1. The molecular formula is C14H21O2. The number of carbonyl (C=O) groups excluding carboxylic acids is 2. The molecule has 0 saturated heterocycles. The minimum absolute atomic E-state index is 0.223. The largest absolute Gasteiger partial charge is 0.290 e. The van der Waals surface area contributed by atoms with Gasteiger partial charge < -0.3 is 0 Å². The first-order chi connectivity index (χ1) is 7.79. The molecule has 0 aromatic rings. The maximum Gasteiger partial charge on any atom is 0.272 e. The average Bonchev–Trinajstić information content (AvgIpc) is 2.39. The fraction of sp³-hybridized carbons (Fsp3) is 0.857. The molecule has 89 valence electrons. The summed E-state index contributed by atoms with van der Waals surface area (Å²) >= 11 is 0. The van der Waals surface area contributed by atoms with Gasteiger partial charge >= 0.3 is 0 Å². The molecule has 2 aliphatic carbocycles. The van der Waals surface area contributed by atoms with Crippen molar-refractivity contribution in [3.8, 4) is 0 Å². The van der Waals surface area contributed by atoms with Gasteiger partial charge in [-0.2, -0.15) is 0 Å². The van der Waals surface area contributed by atoms with E-state index in [1.807, 2.05) is 0 Å². The highest BCUT2D eigenvalue weighted by molar-refractivity contribution is 6.28. The minimum Gasteiger partial charge on any atom is -0.290 e. The molecule has 0 spiro atoms. The van der Waals surface area contributed by atoms with Crippen molar-refractivity contribution in [2.45, 2.75) is 64.2 Å². The quantitative estimate of drug-likeness (QED) is 0.686. The third-order valence-electron chi connectivity index (χ3n) is 4.68. The summed E-state index contributed by atoms with van der Waals surface area (Å²) in [6.07, 6.45) is 13.1. The van der Waals surface area contributed by atoms with Crippen LogP contribution in [0.5, 0.6) is 0 Å². The van der Waals surface area contributed by atoms with Crippen molar-refractivity contribution in [1.29, 1.82) is 0 Å². The van der Waals surface area contributed by atoms with Gasteiger partial charge in [-0.25, -0.2) is 0 Å². The predicted octanol–water partition coefficient (Wildman–Crippen LogP) is 3.20. The lowest BCUT2D eigenvalue weighted by Gasteiger charge is -2.42. The third kappa shape index (κ3) is 2.07. The highest BCUT2D eigenvalue weighted by atomic mass is 16.2. The van der Waals surface area contributed by atoms with Crippen molar-refractivity contribution in [2.75, 3.05) is 0 Å². The maximum atomic E-state index is 12.0. The van der Waals surface area contributed by atoms with Gasteiger partial charge in [0.25, 0.3) is 6.29 Å². The summed E-state index contributed by atoms with van der Waals surface area (Å²) in [6.45, 7) is 0. The molecule has 0 aromatic heterocycles. The van der Waals surface area contributed by atoms with Gasteiger partial charge in [0, 0.05) is 5.41 Å². The molecule has 2 fully saturated rings. The first kappa shape index (κ1) is 11.8. The van der Waals surface area contributed by atoms with E-state index in [1.165, 1.54) is 25.7 Å². The summed E-state index contributed by atoms with van der Waals surface area (Å²) in [4.78, 5) is 22.7. The van der Waals surface area contributed by atoms with E-state index in [4.69, 9.17) is 0 Å². The van der Waals surface area contributed by atoms with Crippen LogP contribution >= 0.6 is 0 Å². The van der Waals surface area contributed by atoms with E-state index >= 15 is 0 Å². The normalized spacial score (nSPS) is 26.2. The number of ketones is 1. The smallest absolute Gasteiger partial charge is 0.272 e. The molecule has 0 bridgehead atoms. The highest BCUT2D eigenvalue weighted by Gasteiger charge is 2.45. The number of hydrogen-bond donors (Lipinski definition) is 0. The van der Waals surface area contributed by atoms with Crippen molar-refractivity contribution >= 4 is 12.1 Å². The topological polar surface area (TPSA) is 34.1 Å². The average molecular weight is 221 g/mol. The van der Waals surface area contributed by atoms with Crippen LogP contribution in [0, 0.1) is 11.3 Å². The second-order valence-electron chi connectivity index (χ2n) is 5.48. The first-order valence-electron chi connectivity index (χ1n) is 6.72. The summed E-state index contributed by atoms with van der Waals surface area (Å²) in [5, 5.41) is 0. The van der Waals surface area contributed by atoms with E-state index in [9.17, 15) is 9.59 Å². The molecule has 0 aliphatic heterocycles. The summed E-state index contributed by atoms with van der Waals surface area (Å²) in [5.74, 6) is 0.245. The zero-order valence-electron chi connectivity index (χ0n) is 9.96. The lowest BCUT2D eigenvalue weighted by atomic mass is 9.60. The van der Waals surface area contributed by atoms with E-state index in [1.54, 1.807) is 6.29 Å². The second kappa shape index (κ2) is 5.11. The van der Waals surface area contributed by atoms with E-state index in [0.29, 0.717) is 5.92 Å². The molecule has 2 saturated carbocycles. The monoisotopic (exact) mass is 221 g/mol. The Morgan fingerprint density at radius 1 is 0.938 bits per heavy atom. The molecule has 0 aromatic carbocycles. The molecule has 0 N–H and O–H groups in total. The van der Waals surface area contributed by atoms with Crippen LogP contribution < -0.4 is 0 Å². The van der Waals surface area contributed by atoms with Gasteiger partial charge in [-0.05, 0) is 31.6 Å². The van der Waals surface area contributed by atoms with Crippen molar-refractivity contribution in [3.05, 3.63) is 0 Å². The van der Waals surface area contributed by atoms with Crippen molar-refractivity contribution in [3.63, 3.8) is 0 Å². The lowest BCUT2D eigenvalue weighted by molar-refractivity contribution is -0.128. The molecule has 2 rings (SSSR count). The van der Waals surface area contributed by atoms with E-state index in [2.05, 4.69) is 0 Å². The summed E-state index contributed by atoms with van der Waals surface area (Å²) in [5.41, 5.74) is -0.305. The van der Waals surface area contributed by atoms with Crippen LogP contribution in [0.1, 0.15) is 64.2 Å². The Hall–Kier alpha value is -0.660. The molecule has 16 heavy (non-hydrogen) atoms. The SMILES string of the molecule is O=[C]C(=O)C1(C2CCCCC2)CCCCC1. The van der Waals surface area contributed by atoms with E-state index < -0.39 is 0 Å². The Morgan fingerprint density at radius 3 is 2.06 bits per heavy atom. The zero-order chi connectivity index (χ0) is 11.4. The van der Waals surface area contributed by atoms with Crippen LogP contribution in [0.15, 0.2) is 0 Å². The Bertz CT molecular complexity index is 258. The fourth-order valence-electron chi connectivity index (χ4n) is 3.76.